The highest BCUT2D eigenvalue weighted by atomic mass is 16.3. The highest BCUT2D eigenvalue weighted by molar-refractivity contribution is 5.83. The van der Waals surface area contributed by atoms with E-state index in [2.05, 4.69) is 18.8 Å². The van der Waals surface area contributed by atoms with Crippen LogP contribution in [-0.4, -0.2) is 33.0 Å². The predicted molar refractivity (Wildman–Crippen MR) is 96.6 cm³/mol. The van der Waals surface area contributed by atoms with Crippen LogP contribution in [0.3, 0.4) is 0 Å². The van der Waals surface area contributed by atoms with Crippen molar-refractivity contribution >= 4 is 5.91 Å². The van der Waals surface area contributed by atoms with Gasteiger partial charge in [-0.2, -0.15) is 0 Å². The third-order valence-electron chi connectivity index (χ3n) is 7.15. The number of aliphatic hydroxyl groups is 1. The van der Waals surface area contributed by atoms with E-state index in [4.69, 9.17) is 0 Å². The zero-order chi connectivity index (χ0) is 17.7. The number of nitrogens with zero attached hydrogens (tertiary/aromatic N) is 2. The van der Waals surface area contributed by atoms with Crippen molar-refractivity contribution in [1.82, 2.24) is 9.88 Å². The molecular formula is C21H30N2O2. The van der Waals surface area contributed by atoms with Crippen molar-refractivity contribution in [2.45, 2.75) is 70.9 Å². The van der Waals surface area contributed by atoms with E-state index in [9.17, 15) is 9.90 Å². The monoisotopic (exact) mass is 342 g/mol. The number of rotatable bonds is 5. The van der Waals surface area contributed by atoms with Crippen LogP contribution in [0, 0.1) is 16.7 Å². The molecule has 1 amide bonds. The Kier molecular flexibility index (Phi) is 3.95. The maximum atomic E-state index is 13.6. The van der Waals surface area contributed by atoms with Gasteiger partial charge in [0.25, 0.3) is 0 Å². The highest BCUT2D eigenvalue weighted by Crippen LogP contribution is 2.68. The Labute approximate surface area is 150 Å². The minimum atomic E-state index is -0.610. The van der Waals surface area contributed by atoms with Gasteiger partial charge in [0.05, 0.1) is 11.0 Å². The molecule has 4 nitrogen and oxygen atoms in total. The van der Waals surface area contributed by atoms with Crippen molar-refractivity contribution in [2.75, 3.05) is 6.54 Å². The van der Waals surface area contributed by atoms with Gasteiger partial charge in [0.2, 0.25) is 5.91 Å². The number of hydrogen-bond acceptors (Lipinski definition) is 3. The minimum Gasteiger partial charge on any atom is -0.390 e. The minimum absolute atomic E-state index is 0.180. The third kappa shape index (κ3) is 2.79. The summed E-state index contributed by atoms with van der Waals surface area (Å²) in [4.78, 5) is 19.7. The van der Waals surface area contributed by atoms with E-state index in [1.165, 1.54) is 6.42 Å². The molecule has 4 aliphatic carbocycles. The molecule has 5 rings (SSSR count). The molecule has 0 saturated heterocycles. The number of carbonyl (C=O) groups excluding carboxylic acids is 1. The lowest BCUT2D eigenvalue weighted by Crippen LogP contribution is -2.64. The van der Waals surface area contributed by atoms with E-state index < -0.39 is 5.60 Å². The SMILES string of the molecule is CCN(Cc1ccncc1)C(=O)[C@@]12C[C@H]3C[C@@](O)(C[C@@](CC)(C3)C1)C2. The lowest BCUT2D eigenvalue weighted by molar-refractivity contribution is -0.210. The zero-order valence-corrected chi connectivity index (χ0v) is 15.5. The number of aromatic nitrogens is 1. The van der Waals surface area contributed by atoms with Crippen LogP contribution >= 0.6 is 0 Å². The molecule has 0 spiro atoms. The molecule has 0 unspecified atom stereocenters. The smallest absolute Gasteiger partial charge is 0.229 e. The van der Waals surface area contributed by atoms with E-state index in [0.29, 0.717) is 25.4 Å². The van der Waals surface area contributed by atoms with Gasteiger partial charge in [0.1, 0.15) is 0 Å². The second kappa shape index (κ2) is 5.80. The molecule has 0 aliphatic heterocycles. The lowest BCUT2D eigenvalue weighted by Gasteiger charge is -2.64. The van der Waals surface area contributed by atoms with Gasteiger partial charge in [-0.05, 0) is 74.5 Å². The molecule has 0 radical (unpaired) electrons. The summed E-state index contributed by atoms with van der Waals surface area (Å²) in [5, 5.41) is 11.2. The second-order valence-electron chi connectivity index (χ2n) is 9.04. The molecule has 4 bridgehead atoms. The third-order valence-corrected chi connectivity index (χ3v) is 7.15. The van der Waals surface area contributed by atoms with E-state index in [1.54, 1.807) is 12.4 Å². The number of amides is 1. The molecule has 1 aromatic rings. The maximum Gasteiger partial charge on any atom is 0.229 e. The Morgan fingerprint density at radius 3 is 2.60 bits per heavy atom. The van der Waals surface area contributed by atoms with Crippen LogP contribution in [0.4, 0.5) is 0 Å². The van der Waals surface area contributed by atoms with Crippen LogP contribution in [0.5, 0.6) is 0 Å². The van der Waals surface area contributed by atoms with Crippen LogP contribution < -0.4 is 0 Å². The van der Waals surface area contributed by atoms with E-state index in [0.717, 1.165) is 37.7 Å². The maximum absolute atomic E-state index is 13.6. The van der Waals surface area contributed by atoms with Crippen molar-refractivity contribution in [1.29, 1.82) is 0 Å². The summed E-state index contributed by atoms with van der Waals surface area (Å²) in [5.74, 6) is 0.789. The quantitative estimate of drug-likeness (QED) is 0.890. The summed E-state index contributed by atoms with van der Waals surface area (Å²) in [5.41, 5.74) is 0.354. The van der Waals surface area contributed by atoms with Crippen LogP contribution in [0.25, 0.3) is 0 Å². The molecule has 4 atom stereocenters. The van der Waals surface area contributed by atoms with E-state index >= 15 is 0 Å². The Morgan fingerprint density at radius 1 is 1.20 bits per heavy atom. The van der Waals surface area contributed by atoms with Crippen LogP contribution in [0.15, 0.2) is 24.5 Å². The summed E-state index contributed by atoms with van der Waals surface area (Å²) in [6.07, 6.45) is 10.3. The Bertz CT molecular complexity index is 663. The Hall–Kier alpha value is -1.42. The molecule has 1 N–H and O–H groups in total. The largest absolute Gasteiger partial charge is 0.390 e. The molecule has 4 fully saturated rings. The van der Waals surface area contributed by atoms with E-state index in [1.807, 2.05) is 17.0 Å². The molecule has 25 heavy (non-hydrogen) atoms. The van der Waals surface area contributed by atoms with Gasteiger partial charge in [0, 0.05) is 25.5 Å². The van der Waals surface area contributed by atoms with Crippen molar-refractivity contribution in [2.24, 2.45) is 16.7 Å². The van der Waals surface area contributed by atoms with Gasteiger partial charge < -0.3 is 10.0 Å². The summed E-state index contributed by atoms with van der Waals surface area (Å²) < 4.78 is 0. The van der Waals surface area contributed by atoms with Gasteiger partial charge in [-0.25, -0.2) is 0 Å². The van der Waals surface area contributed by atoms with E-state index in [-0.39, 0.29) is 16.7 Å². The zero-order valence-electron chi connectivity index (χ0n) is 15.5. The first-order chi connectivity index (χ1) is 11.9. The summed E-state index contributed by atoms with van der Waals surface area (Å²) >= 11 is 0. The fraction of sp³-hybridized carbons (Fsp3) is 0.714. The number of hydrogen-bond donors (Lipinski definition) is 1. The van der Waals surface area contributed by atoms with Crippen LogP contribution in [0.1, 0.15) is 64.4 Å². The molecule has 4 aliphatic rings. The fourth-order valence-corrected chi connectivity index (χ4v) is 6.59. The number of pyridine rings is 1. The summed E-state index contributed by atoms with van der Waals surface area (Å²) in [6.45, 7) is 5.65. The molecular weight excluding hydrogens is 312 g/mol. The molecule has 1 aromatic heterocycles. The fourth-order valence-electron chi connectivity index (χ4n) is 6.59. The molecule has 136 valence electrons. The Balaban J connectivity index is 1.62. The average molecular weight is 342 g/mol. The van der Waals surface area contributed by atoms with Gasteiger partial charge in [-0.3, -0.25) is 9.78 Å². The van der Waals surface area contributed by atoms with Crippen LogP contribution in [0.2, 0.25) is 0 Å². The van der Waals surface area contributed by atoms with Gasteiger partial charge in [-0.1, -0.05) is 13.3 Å². The van der Waals surface area contributed by atoms with Gasteiger partial charge in [-0.15, -0.1) is 0 Å². The average Bonchev–Trinajstić information content (AvgIpc) is 2.58. The highest BCUT2D eigenvalue weighted by Gasteiger charge is 2.65. The summed E-state index contributed by atoms with van der Waals surface area (Å²) in [7, 11) is 0. The molecule has 4 saturated carbocycles. The van der Waals surface area contributed by atoms with Gasteiger partial charge >= 0.3 is 0 Å². The second-order valence-corrected chi connectivity index (χ2v) is 9.04. The normalized spacial score (nSPS) is 38.8. The van der Waals surface area contributed by atoms with Crippen LogP contribution in [-0.2, 0) is 11.3 Å². The predicted octanol–water partition coefficient (Wildman–Crippen LogP) is 3.54. The topological polar surface area (TPSA) is 53.4 Å². The molecule has 1 heterocycles. The molecule has 4 heteroatoms. The van der Waals surface area contributed by atoms with Crippen molar-refractivity contribution in [3.63, 3.8) is 0 Å². The van der Waals surface area contributed by atoms with Crippen molar-refractivity contribution in [3.8, 4) is 0 Å². The van der Waals surface area contributed by atoms with Crippen molar-refractivity contribution < 1.29 is 9.90 Å². The Morgan fingerprint density at radius 2 is 1.96 bits per heavy atom. The first-order valence-electron chi connectivity index (χ1n) is 9.82. The molecule has 0 aromatic carbocycles. The first kappa shape index (κ1) is 17.0. The summed E-state index contributed by atoms with van der Waals surface area (Å²) in [6, 6.07) is 3.97. The number of carbonyl (C=O) groups is 1. The lowest BCUT2D eigenvalue weighted by atomic mass is 9.42. The first-order valence-corrected chi connectivity index (χ1v) is 9.82. The van der Waals surface area contributed by atoms with Gasteiger partial charge in [0.15, 0.2) is 0 Å². The standard InChI is InChI=1S/C21H30N2O2/c1-3-19-9-17-10-20(13-19,15-21(25,11-17)14-19)18(24)23(4-2)12-16-5-7-22-8-6-16/h5-8,17,25H,3-4,9-15H2,1-2H3/t17-,19-,20-,21+/m0/s1. The van der Waals surface area contributed by atoms with Crippen molar-refractivity contribution in [3.05, 3.63) is 30.1 Å².